The lowest BCUT2D eigenvalue weighted by Gasteiger charge is -2.40. The lowest BCUT2D eigenvalue weighted by Crippen LogP contribution is -2.48. The molecule has 128 valence electrons. The maximum absolute atomic E-state index is 11.5. The maximum Gasteiger partial charge on any atom is 0.217 e. The number of carbonyl (C=O) groups excluding carboxylic acids is 1. The minimum Gasteiger partial charge on any atom is -0.413 e. The molecule has 0 radical (unpaired) electrons. The molecule has 0 aliphatic carbocycles. The molecule has 0 unspecified atom stereocenters. The standard InChI is InChI=1S/C16H32N2O2SSi/c1-11(2)21-15(18-13(4)19)14(10-17)12(3)20-22(8,9)16(5,6)7/h11-12,14-15H,1-9H3,(H,18,19)/t12-,14-,15-/m1/s1. The monoisotopic (exact) mass is 344 g/mol. The van der Waals surface area contributed by atoms with Crippen molar-refractivity contribution in [3.63, 3.8) is 0 Å². The molecular formula is C16H32N2O2SSi. The van der Waals surface area contributed by atoms with Crippen molar-refractivity contribution in [1.29, 1.82) is 5.26 Å². The Morgan fingerprint density at radius 1 is 1.27 bits per heavy atom. The van der Waals surface area contributed by atoms with Crippen molar-refractivity contribution in [2.75, 3.05) is 0 Å². The molecule has 0 aromatic rings. The average molecular weight is 345 g/mol. The molecule has 0 saturated heterocycles. The number of amides is 1. The fourth-order valence-electron chi connectivity index (χ4n) is 1.84. The number of hydrogen-bond acceptors (Lipinski definition) is 4. The largest absolute Gasteiger partial charge is 0.413 e. The molecule has 0 aromatic heterocycles. The average Bonchev–Trinajstić information content (AvgIpc) is 2.25. The molecule has 0 saturated carbocycles. The summed E-state index contributed by atoms with van der Waals surface area (Å²) in [7, 11) is -1.95. The van der Waals surface area contributed by atoms with Crippen molar-refractivity contribution in [1.82, 2.24) is 5.32 Å². The molecule has 3 atom stereocenters. The van der Waals surface area contributed by atoms with Crippen LogP contribution in [0, 0.1) is 17.2 Å². The van der Waals surface area contributed by atoms with Gasteiger partial charge in [0.05, 0.1) is 17.5 Å². The molecule has 0 bridgehead atoms. The van der Waals surface area contributed by atoms with Gasteiger partial charge in [-0.2, -0.15) is 5.26 Å². The van der Waals surface area contributed by atoms with E-state index >= 15 is 0 Å². The molecule has 0 spiro atoms. The Morgan fingerprint density at radius 2 is 1.77 bits per heavy atom. The minimum absolute atomic E-state index is 0.0932. The van der Waals surface area contributed by atoms with E-state index in [-0.39, 0.29) is 28.3 Å². The van der Waals surface area contributed by atoms with Crippen LogP contribution in [0.2, 0.25) is 18.1 Å². The van der Waals surface area contributed by atoms with Crippen LogP contribution in [0.1, 0.15) is 48.5 Å². The number of rotatable bonds is 7. The fraction of sp³-hybridized carbons (Fsp3) is 0.875. The van der Waals surface area contributed by atoms with Gasteiger partial charge >= 0.3 is 0 Å². The topological polar surface area (TPSA) is 62.1 Å². The molecule has 0 heterocycles. The van der Waals surface area contributed by atoms with Gasteiger partial charge in [0.25, 0.3) is 0 Å². The van der Waals surface area contributed by atoms with E-state index in [1.165, 1.54) is 6.92 Å². The second kappa shape index (κ2) is 8.37. The molecule has 1 amide bonds. The lowest BCUT2D eigenvalue weighted by atomic mass is 10.1. The maximum atomic E-state index is 11.5. The Bertz CT molecular complexity index is 413. The third kappa shape index (κ3) is 6.72. The van der Waals surface area contributed by atoms with Crippen LogP contribution in [0.5, 0.6) is 0 Å². The van der Waals surface area contributed by atoms with Crippen LogP contribution in [0.4, 0.5) is 0 Å². The molecule has 0 aromatic carbocycles. The van der Waals surface area contributed by atoms with E-state index in [0.717, 1.165) is 0 Å². The Kier molecular flexibility index (Phi) is 8.17. The summed E-state index contributed by atoms with van der Waals surface area (Å²) in [6, 6.07) is 2.35. The highest BCUT2D eigenvalue weighted by Gasteiger charge is 2.41. The van der Waals surface area contributed by atoms with Crippen molar-refractivity contribution in [3.05, 3.63) is 0 Å². The summed E-state index contributed by atoms with van der Waals surface area (Å²) in [6.45, 7) is 18.5. The molecule has 6 heteroatoms. The van der Waals surface area contributed by atoms with Crippen molar-refractivity contribution in [3.8, 4) is 6.07 Å². The van der Waals surface area contributed by atoms with E-state index in [9.17, 15) is 10.1 Å². The predicted octanol–water partition coefficient (Wildman–Crippen LogP) is 4.14. The minimum atomic E-state index is -1.95. The van der Waals surface area contributed by atoms with Crippen molar-refractivity contribution in [2.24, 2.45) is 5.92 Å². The van der Waals surface area contributed by atoms with Gasteiger partial charge < -0.3 is 9.74 Å². The first-order valence-electron chi connectivity index (χ1n) is 7.82. The Labute approximate surface area is 141 Å². The predicted molar refractivity (Wildman–Crippen MR) is 97.2 cm³/mol. The van der Waals surface area contributed by atoms with Gasteiger partial charge in [-0.25, -0.2) is 0 Å². The van der Waals surface area contributed by atoms with Gasteiger partial charge in [-0.05, 0) is 25.1 Å². The molecule has 22 heavy (non-hydrogen) atoms. The quantitative estimate of drug-likeness (QED) is 0.557. The first kappa shape index (κ1) is 21.5. The summed E-state index contributed by atoms with van der Waals surface area (Å²) >= 11 is 1.60. The summed E-state index contributed by atoms with van der Waals surface area (Å²) in [5, 5.41) is 12.7. The fourth-order valence-corrected chi connectivity index (χ4v) is 4.54. The highest BCUT2D eigenvalue weighted by Crippen LogP contribution is 2.38. The first-order valence-corrected chi connectivity index (χ1v) is 11.7. The molecule has 0 aliphatic rings. The van der Waals surface area contributed by atoms with Crippen LogP contribution in [-0.4, -0.2) is 31.0 Å². The highest BCUT2D eigenvalue weighted by molar-refractivity contribution is 8.00. The second-order valence-corrected chi connectivity index (χ2v) is 14.0. The van der Waals surface area contributed by atoms with Crippen LogP contribution >= 0.6 is 11.8 Å². The molecule has 0 rings (SSSR count). The summed E-state index contributed by atoms with van der Waals surface area (Å²) in [6.07, 6.45) is -0.214. The molecule has 0 aliphatic heterocycles. The summed E-state index contributed by atoms with van der Waals surface area (Å²) in [5.41, 5.74) is 0. The molecule has 1 N–H and O–H groups in total. The van der Waals surface area contributed by atoms with Crippen LogP contribution in [0.3, 0.4) is 0 Å². The van der Waals surface area contributed by atoms with Gasteiger partial charge in [0.1, 0.15) is 5.92 Å². The zero-order valence-corrected chi connectivity index (χ0v) is 17.3. The highest BCUT2D eigenvalue weighted by atomic mass is 32.2. The molecular weight excluding hydrogens is 312 g/mol. The zero-order valence-electron chi connectivity index (χ0n) is 15.5. The van der Waals surface area contributed by atoms with E-state index in [1.807, 2.05) is 6.92 Å². The van der Waals surface area contributed by atoms with Crippen molar-refractivity contribution >= 4 is 26.0 Å². The molecule has 0 fully saturated rings. The number of thioether (sulfide) groups is 1. The lowest BCUT2D eigenvalue weighted by molar-refractivity contribution is -0.119. The Balaban J connectivity index is 5.19. The van der Waals surface area contributed by atoms with E-state index in [2.05, 4.69) is 59.1 Å². The van der Waals surface area contributed by atoms with E-state index in [1.54, 1.807) is 11.8 Å². The summed E-state index contributed by atoms with van der Waals surface area (Å²) in [4.78, 5) is 11.5. The second-order valence-electron chi connectivity index (χ2n) is 7.54. The Hall–Kier alpha value is -0.513. The number of hydrogen-bond donors (Lipinski definition) is 1. The summed E-state index contributed by atoms with van der Waals surface area (Å²) in [5.74, 6) is -0.483. The van der Waals surface area contributed by atoms with Crippen LogP contribution in [0.15, 0.2) is 0 Å². The zero-order chi connectivity index (χ0) is 17.7. The first-order chi connectivity index (χ1) is 9.81. The van der Waals surface area contributed by atoms with E-state index in [4.69, 9.17) is 4.43 Å². The van der Waals surface area contributed by atoms with Crippen LogP contribution in [0.25, 0.3) is 0 Å². The third-order valence-corrected chi connectivity index (χ3v) is 9.85. The summed E-state index contributed by atoms with van der Waals surface area (Å²) < 4.78 is 6.35. The third-order valence-electron chi connectivity index (χ3n) is 4.03. The van der Waals surface area contributed by atoms with E-state index < -0.39 is 8.32 Å². The van der Waals surface area contributed by atoms with Gasteiger partial charge in [-0.3, -0.25) is 4.79 Å². The van der Waals surface area contributed by atoms with Gasteiger partial charge in [0.2, 0.25) is 5.91 Å². The SMILES string of the molecule is CC(=O)N[C@H](SC(C)C)[C@H](C#N)[C@@H](C)O[Si](C)(C)C(C)(C)C. The number of nitrogens with one attached hydrogen (secondary N) is 1. The number of carbonyl (C=O) groups is 1. The normalized spacial score (nSPS) is 16.8. The smallest absolute Gasteiger partial charge is 0.217 e. The molecule has 4 nitrogen and oxygen atoms in total. The van der Waals surface area contributed by atoms with Crippen molar-refractivity contribution in [2.45, 2.75) is 83.3 Å². The van der Waals surface area contributed by atoms with Gasteiger partial charge in [-0.1, -0.05) is 34.6 Å². The van der Waals surface area contributed by atoms with Gasteiger partial charge in [-0.15, -0.1) is 11.8 Å². The van der Waals surface area contributed by atoms with Crippen molar-refractivity contribution < 1.29 is 9.22 Å². The Morgan fingerprint density at radius 3 is 2.09 bits per heavy atom. The number of nitrogens with zero attached hydrogens (tertiary/aromatic N) is 1. The van der Waals surface area contributed by atoms with Crippen LogP contribution in [-0.2, 0) is 9.22 Å². The number of nitriles is 1. The van der Waals surface area contributed by atoms with Crippen LogP contribution < -0.4 is 5.32 Å². The van der Waals surface area contributed by atoms with Gasteiger partial charge in [0, 0.05) is 12.2 Å². The van der Waals surface area contributed by atoms with E-state index in [0.29, 0.717) is 5.25 Å². The van der Waals surface area contributed by atoms with Gasteiger partial charge in [0.15, 0.2) is 8.32 Å².